The molecule has 0 unspecified atom stereocenters. The predicted molar refractivity (Wildman–Crippen MR) is 111 cm³/mol. The Morgan fingerprint density at radius 2 is 1.90 bits per heavy atom. The van der Waals surface area contributed by atoms with E-state index in [1.165, 1.54) is 18.7 Å². The molecule has 0 aliphatic rings. The van der Waals surface area contributed by atoms with E-state index in [1.807, 2.05) is 6.07 Å². The zero-order valence-electron chi connectivity index (χ0n) is 16.9. The fourth-order valence-electron chi connectivity index (χ4n) is 2.60. The first-order valence-electron chi connectivity index (χ1n) is 8.88. The number of hydrogen-bond acceptors (Lipinski definition) is 7. The van der Waals surface area contributed by atoms with Crippen LogP contribution in [0.2, 0.25) is 0 Å². The third kappa shape index (κ3) is 4.89. The summed E-state index contributed by atoms with van der Waals surface area (Å²) in [5, 5.41) is 12.0. The van der Waals surface area contributed by atoms with E-state index in [0.29, 0.717) is 27.9 Å². The van der Waals surface area contributed by atoms with E-state index in [9.17, 15) is 9.59 Å². The topological polar surface area (TPSA) is 99.8 Å². The second kappa shape index (κ2) is 8.16. The molecule has 0 saturated carbocycles. The molecule has 0 fully saturated rings. The third-order valence-corrected chi connectivity index (χ3v) is 4.84. The molecule has 0 aliphatic carbocycles. The first kappa shape index (κ1) is 20.7. The van der Waals surface area contributed by atoms with Crippen LogP contribution in [-0.2, 0) is 11.3 Å². The average molecular weight is 417 g/mol. The number of carbonyl (C=O) groups excluding carboxylic acids is 1. The molecule has 0 atom stereocenters. The molecule has 1 amide bonds. The van der Waals surface area contributed by atoms with Crippen molar-refractivity contribution in [2.45, 2.75) is 37.1 Å². The van der Waals surface area contributed by atoms with Crippen molar-refractivity contribution in [2.24, 2.45) is 0 Å². The lowest BCUT2D eigenvalue weighted by molar-refractivity contribution is -0.117. The highest BCUT2D eigenvalue weighted by Crippen LogP contribution is 2.30. The highest BCUT2D eigenvalue weighted by molar-refractivity contribution is 8.00. The average Bonchev–Trinajstić information content (AvgIpc) is 2.95. The summed E-state index contributed by atoms with van der Waals surface area (Å²) in [6.45, 7) is 5.93. The molecule has 3 rings (SSSR count). The van der Waals surface area contributed by atoms with Crippen LogP contribution in [0.3, 0.4) is 0 Å². The number of nitrogens with one attached hydrogen (secondary N) is 1. The Hall–Kier alpha value is -3.01. The maximum Gasteiger partial charge on any atom is 0.367 e. The van der Waals surface area contributed by atoms with Crippen molar-refractivity contribution in [1.29, 1.82) is 0 Å². The van der Waals surface area contributed by atoms with Gasteiger partial charge in [-0.1, -0.05) is 32.5 Å². The first-order valence-corrected chi connectivity index (χ1v) is 9.69. The summed E-state index contributed by atoms with van der Waals surface area (Å²) in [5.74, 6) is 0.623. The number of aromatic nitrogens is 4. The van der Waals surface area contributed by atoms with Gasteiger partial charge >= 0.3 is 5.69 Å². The lowest BCUT2D eigenvalue weighted by Crippen LogP contribution is -2.29. The van der Waals surface area contributed by atoms with Crippen LogP contribution in [0.25, 0.3) is 5.65 Å². The lowest BCUT2D eigenvalue weighted by Gasteiger charge is -2.16. The van der Waals surface area contributed by atoms with Crippen molar-refractivity contribution >= 4 is 29.0 Å². The minimum Gasteiger partial charge on any atom is -0.497 e. The second-order valence-corrected chi connectivity index (χ2v) is 9.06. The van der Waals surface area contributed by atoms with Gasteiger partial charge in [0.05, 0.1) is 19.9 Å². The van der Waals surface area contributed by atoms with E-state index in [-0.39, 0.29) is 11.3 Å². The molecule has 1 N–H and O–H groups in total. The Morgan fingerprint density at radius 3 is 2.55 bits per heavy atom. The number of nitrogens with zero attached hydrogens (tertiary/aromatic N) is 4. The highest BCUT2D eigenvalue weighted by Gasteiger charge is 2.17. The summed E-state index contributed by atoms with van der Waals surface area (Å²) >= 11 is 1.54. The molecular weight excluding hydrogens is 394 g/mol. The van der Waals surface area contributed by atoms with Gasteiger partial charge in [0.2, 0.25) is 5.91 Å². The summed E-state index contributed by atoms with van der Waals surface area (Å²) in [5.41, 5.74) is 0.333. The monoisotopic (exact) mass is 417 g/mol. The van der Waals surface area contributed by atoms with Gasteiger partial charge in [0.15, 0.2) is 5.65 Å². The maximum atomic E-state index is 12.6. The maximum absolute atomic E-state index is 12.6. The van der Waals surface area contributed by atoms with Crippen LogP contribution >= 0.6 is 11.8 Å². The Bertz CT molecular complexity index is 1100. The largest absolute Gasteiger partial charge is 0.497 e. The quantitative estimate of drug-likeness (QED) is 0.615. The fraction of sp³-hybridized carbons (Fsp3) is 0.368. The molecule has 2 aromatic heterocycles. The molecule has 0 aliphatic heterocycles. The summed E-state index contributed by atoms with van der Waals surface area (Å²) < 4.78 is 12.7. The number of thioether (sulfide) groups is 1. The number of ether oxygens (including phenoxy) is 2. The van der Waals surface area contributed by atoms with Crippen LogP contribution in [0.5, 0.6) is 11.5 Å². The molecule has 9 nitrogen and oxygen atoms in total. The van der Waals surface area contributed by atoms with Gasteiger partial charge < -0.3 is 14.8 Å². The lowest BCUT2D eigenvalue weighted by atomic mass is 10.2. The number of benzene rings is 1. The molecule has 29 heavy (non-hydrogen) atoms. The number of anilines is 1. The number of rotatable bonds is 6. The number of hydrogen-bond donors (Lipinski definition) is 1. The summed E-state index contributed by atoms with van der Waals surface area (Å²) in [7, 11) is 3.03. The van der Waals surface area contributed by atoms with Crippen molar-refractivity contribution in [3.8, 4) is 11.5 Å². The number of carbonyl (C=O) groups is 1. The van der Waals surface area contributed by atoms with E-state index < -0.39 is 11.6 Å². The molecule has 1 aromatic carbocycles. The molecule has 0 radical (unpaired) electrons. The van der Waals surface area contributed by atoms with Gasteiger partial charge in [-0.2, -0.15) is 9.61 Å². The van der Waals surface area contributed by atoms with Gasteiger partial charge in [0.25, 0.3) is 0 Å². The SMILES string of the molecule is COc1ccc(OC)c(NC(=O)Cn2nc3ccc(SC(C)(C)C)nn3c2=O)c1. The standard InChI is InChI=1S/C19H23N5O4S/c1-19(2,3)29-17-9-8-15-21-23(18(26)24(15)22-17)11-16(25)20-13-10-12(27-4)6-7-14(13)28-5/h6-10H,11H2,1-5H3,(H,20,25). The zero-order valence-corrected chi connectivity index (χ0v) is 17.7. The first-order chi connectivity index (χ1) is 13.7. The van der Waals surface area contributed by atoms with Gasteiger partial charge in [-0.3, -0.25) is 4.79 Å². The number of fused-ring (bicyclic) bond motifs is 1. The van der Waals surface area contributed by atoms with E-state index in [4.69, 9.17) is 9.47 Å². The Morgan fingerprint density at radius 1 is 1.14 bits per heavy atom. The Labute approximate surface area is 172 Å². The fourth-order valence-corrected chi connectivity index (χ4v) is 3.49. The van der Waals surface area contributed by atoms with Gasteiger partial charge in [0, 0.05) is 10.8 Å². The van der Waals surface area contributed by atoms with E-state index >= 15 is 0 Å². The second-order valence-electron chi connectivity index (χ2n) is 7.21. The van der Waals surface area contributed by atoms with Crippen molar-refractivity contribution in [1.82, 2.24) is 19.4 Å². The van der Waals surface area contributed by atoms with Crippen LogP contribution in [0.15, 0.2) is 40.2 Å². The molecule has 0 bridgehead atoms. The predicted octanol–water partition coefficient (Wildman–Crippen LogP) is 2.44. The minimum atomic E-state index is -0.482. The van der Waals surface area contributed by atoms with Crippen LogP contribution in [0, 0.1) is 0 Å². The van der Waals surface area contributed by atoms with Crippen LogP contribution in [0.4, 0.5) is 5.69 Å². The van der Waals surface area contributed by atoms with Crippen molar-refractivity contribution in [3.05, 3.63) is 40.8 Å². The smallest absolute Gasteiger partial charge is 0.367 e. The van der Waals surface area contributed by atoms with Gasteiger partial charge in [-0.05, 0) is 24.3 Å². The summed E-state index contributed by atoms with van der Waals surface area (Å²) in [4.78, 5) is 25.1. The normalized spacial score (nSPS) is 11.5. The van der Waals surface area contributed by atoms with Crippen LogP contribution in [-0.4, -0.2) is 44.3 Å². The van der Waals surface area contributed by atoms with Crippen LogP contribution in [0.1, 0.15) is 20.8 Å². The molecule has 0 saturated heterocycles. The number of amides is 1. The minimum absolute atomic E-state index is 0.0457. The molecule has 0 spiro atoms. The third-order valence-electron chi connectivity index (χ3n) is 3.80. The summed E-state index contributed by atoms with van der Waals surface area (Å²) in [6.07, 6.45) is 0. The van der Waals surface area contributed by atoms with Gasteiger partial charge in [0.1, 0.15) is 23.1 Å². The Balaban J connectivity index is 1.82. The van der Waals surface area contributed by atoms with E-state index in [2.05, 4.69) is 36.3 Å². The molecule has 2 heterocycles. The number of methoxy groups -OCH3 is 2. The molecule has 3 aromatic rings. The van der Waals surface area contributed by atoms with Crippen molar-refractivity contribution in [2.75, 3.05) is 19.5 Å². The zero-order chi connectivity index (χ0) is 21.2. The van der Waals surface area contributed by atoms with Gasteiger partial charge in [-0.15, -0.1) is 5.10 Å². The highest BCUT2D eigenvalue weighted by atomic mass is 32.2. The van der Waals surface area contributed by atoms with Gasteiger partial charge in [-0.25, -0.2) is 9.48 Å². The molecule has 154 valence electrons. The van der Waals surface area contributed by atoms with E-state index in [1.54, 1.807) is 36.0 Å². The summed E-state index contributed by atoms with van der Waals surface area (Å²) in [6, 6.07) is 8.57. The molecule has 10 heteroatoms. The molecular formula is C19H23N5O4S. The van der Waals surface area contributed by atoms with Crippen molar-refractivity contribution in [3.63, 3.8) is 0 Å². The van der Waals surface area contributed by atoms with Crippen LogP contribution < -0.4 is 20.5 Å². The van der Waals surface area contributed by atoms with Crippen molar-refractivity contribution < 1.29 is 14.3 Å². The Kier molecular flexibility index (Phi) is 5.83. The van der Waals surface area contributed by atoms with E-state index in [0.717, 1.165) is 4.68 Å².